The highest BCUT2D eigenvalue weighted by Crippen LogP contribution is 2.39. The van der Waals surface area contributed by atoms with Crippen LogP contribution in [-0.2, 0) is 0 Å². The molecule has 0 saturated heterocycles. The summed E-state index contributed by atoms with van der Waals surface area (Å²) in [4.78, 5) is 30.1. The second kappa shape index (κ2) is 9.05. The van der Waals surface area contributed by atoms with Gasteiger partial charge in [0.05, 0.1) is 11.4 Å². The normalized spacial score (nSPS) is 10.8. The lowest BCUT2D eigenvalue weighted by atomic mass is 10.2. The van der Waals surface area contributed by atoms with E-state index in [1.165, 1.54) is 22.7 Å². The third-order valence-electron chi connectivity index (χ3n) is 5.09. The van der Waals surface area contributed by atoms with Crippen LogP contribution in [0.15, 0.2) is 85.1 Å². The number of nitrogens with zero attached hydrogens (tertiary/aromatic N) is 4. The Balaban J connectivity index is 1.60. The van der Waals surface area contributed by atoms with E-state index in [0.29, 0.717) is 16.4 Å². The maximum absolute atomic E-state index is 13.9. The Kier molecular flexibility index (Phi) is 5.81. The molecule has 5 aromatic rings. The summed E-state index contributed by atoms with van der Waals surface area (Å²) in [6.45, 7) is 3.80. The predicted molar refractivity (Wildman–Crippen MR) is 135 cm³/mol. The van der Waals surface area contributed by atoms with Gasteiger partial charge < -0.3 is 0 Å². The van der Waals surface area contributed by atoms with Crippen molar-refractivity contribution in [2.75, 3.05) is 4.90 Å². The van der Waals surface area contributed by atoms with Gasteiger partial charge in [-0.3, -0.25) is 4.79 Å². The van der Waals surface area contributed by atoms with Crippen LogP contribution in [0.2, 0.25) is 0 Å². The number of anilines is 2. The van der Waals surface area contributed by atoms with Crippen LogP contribution in [0.25, 0.3) is 21.1 Å². The molecule has 3 heterocycles. The van der Waals surface area contributed by atoms with E-state index in [4.69, 9.17) is 4.98 Å². The van der Waals surface area contributed by atoms with Gasteiger partial charge >= 0.3 is 0 Å². The van der Waals surface area contributed by atoms with Crippen molar-refractivity contribution in [1.82, 2.24) is 15.0 Å². The number of benzene rings is 2. The summed E-state index contributed by atoms with van der Waals surface area (Å²) in [5.74, 6) is 0.403. The largest absolute Gasteiger partial charge is 0.276 e. The minimum Gasteiger partial charge on any atom is -0.267 e. The summed E-state index contributed by atoms with van der Waals surface area (Å²) in [6.07, 6.45) is 1.69. The summed E-state index contributed by atoms with van der Waals surface area (Å²) in [6, 6.07) is 25.5. The van der Waals surface area contributed by atoms with Crippen molar-refractivity contribution in [2.45, 2.75) is 13.8 Å². The molecule has 5 nitrogen and oxygen atoms in total. The van der Waals surface area contributed by atoms with Crippen molar-refractivity contribution < 1.29 is 4.79 Å². The molecule has 2 aromatic carbocycles. The SMILES string of the molecule is Cc1nc(-c2ccccc2)sc1C(=O)N(c1ccccn1)c1sc(-c2ccccc2)nc1C. The molecule has 0 aliphatic carbocycles. The van der Waals surface area contributed by atoms with Gasteiger partial charge in [-0.15, -0.1) is 11.3 Å². The molecular formula is C26H20N4OS2. The van der Waals surface area contributed by atoms with Gasteiger partial charge in [0.15, 0.2) is 0 Å². The van der Waals surface area contributed by atoms with E-state index < -0.39 is 0 Å². The fourth-order valence-corrected chi connectivity index (χ4v) is 5.57. The van der Waals surface area contributed by atoms with Gasteiger partial charge in [0.25, 0.3) is 5.91 Å². The molecule has 33 heavy (non-hydrogen) atoms. The van der Waals surface area contributed by atoms with E-state index in [1.54, 1.807) is 11.1 Å². The van der Waals surface area contributed by atoms with Gasteiger partial charge in [-0.2, -0.15) is 0 Å². The molecule has 0 radical (unpaired) electrons. The molecule has 1 amide bonds. The van der Waals surface area contributed by atoms with Gasteiger partial charge in [-0.1, -0.05) is 78.1 Å². The topological polar surface area (TPSA) is 59.0 Å². The number of aromatic nitrogens is 3. The Hall–Kier alpha value is -3.68. The first-order valence-electron chi connectivity index (χ1n) is 10.4. The zero-order valence-corrected chi connectivity index (χ0v) is 19.7. The number of thiazole rings is 2. The number of carbonyl (C=O) groups is 1. The minimum absolute atomic E-state index is 0.155. The third-order valence-corrected chi connectivity index (χ3v) is 7.48. The smallest absolute Gasteiger partial charge is 0.267 e. The summed E-state index contributed by atoms with van der Waals surface area (Å²) in [5, 5.41) is 2.44. The van der Waals surface area contributed by atoms with Gasteiger partial charge in [-0.05, 0) is 26.0 Å². The molecule has 7 heteroatoms. The second-order valence-electron chi connectivity index (χ2n) is 7.40. The number of rotatable bonds is 5. The molecule has 162 valence electrons. The van der Waals surface area contributed by atoms with Crippen LogP contribution < -0.4 is 4.90 Å². The average Bonchev–Trinajstić information content (AvgIpc) is 3.44. The van der Waals surface area contributed by atoms with Crippen LogP contribution in [0.5, 0.6) is 0 Å². The molecule has 0 N–H and O–H groups in total. The number of aryl methyl sites for hydroxylation is 2. The lowest BCUT2D eigenvalue weighted by molar-refractivity contribution is 0.100. The van der Waals surface area contributed by atoms with Crippen LogP contribution in [0.3, 0.4) is 0 Å². The van der Waals surface area contributed by atoms with Gasteiger partial charge in [-0.25, -0.2) is 19.9 Å². The molecule has 0 saturated carbocycles. The standard InChI is InChI=1S/C26H20N4OS2/c1-17-22(32-23(28-17)19-11-5-3-6-12-19)25(31)30(21-15-9-10-16-27-21)26-18(2)29-24(33-26)20-13-7-4-8-14-20/h3-16H,1-2H3. The van der Waals surface area contributed by atoms with Crippen molar-refractivity contribution in [3.05, 3.63) is 101 Å². The molecule has 0 bridgehead atoms. The minimum atomic E-state index is -0.155. The van der Waals surface area contributed by atoms with Crippen LogP contribution >= 0.6 is 22.7 Å². The first-order chi connectivity index (χ1) is 16.1. The predicted octanol–water partition coefficient (Wildman–Crippen LogP) is 6.92. The van der Waals surface area contributed by atoms with Crippen LogP contribution in [0, 0.1) is 13.8 Å². The van der Waals surface area contributed by atoms with E-state index in [9.17, 15) is 4.79 Å². The highest BCUT2D eigenvalue weighted by atomic mass is 32.1. The maximum Gasteiger partial charge on any atom is 0.276 e. The number of pyridine rings is 1. The molecule has 0 fully saturated rings. The zero-order valence-electron chi connectivity index (χ0n) is 18.1. The molecule has 3 aromatic heterocycles. The Morgan fingerprint density at radius 3 is 1.91 bits per heavy atom. The van der Waals surface area contributed by atoms with Gasteiger partial charge in [0.1, 0.15) is 25.7 Å². The van der Waals surface area contributed by atoms with E-state index in [2.05, 4.69) is 9.97 Å². The van der Waals surface area contributed by atoms with Crippen molar-refractivity contribution in [3.8, 4) is 21.1 Å². The molecule has 0 aliphatic heterocycles. The quantitative estimate of drug-likeness (QED) is 0.281. The highest BCUT2D eigenvalue weighted by molar-refractivity contribution is 7.20. The molecular weight excluding hydrogens is 448 g/mol. The summed E-state index contributed by atoms with van der Waals surface area (Å²) in [7, 11) is 0. The van der Waals surface area contributed by atoms with E-state index in [1.807, 2.05) is 92.7 Å². The number of hydrogen-bond donors (Lipinski definition) is 0. The molecule has 0 unspecified atom stereocenters. The molecule has 0 spiro atoms. The molecule has 5 rings (SSSR count). The first kappa shape index (κ1) is 21.2. The Labute approximate surface area is 200 Å². The number of amides is 1. The summed E-state index contributed by atoms with van der Waals surface area (Å²) >= 11 is 2.89. The number of hydrogen-bond acceptors (Lipinski definition) is 6. The van der Waals surface area contributed by atoms with E-state index in [-0.39, 0.29) is 5.91 Å². The van der Waals surface area contributed by atoms with Gasteiger partial charge in [0.2, 0.25) is 0 Å². The summed E-state index contributed by atoms with van der Waals surface area (Å²) in [5.41, 5.74) is 3.50. The highest BCUT2D eigenvalue weighted by Gasteiger charge is 2.29. The Morgan fingerprint density at radius 1 is 0.727 bits per heavy atom. The third kappa shape index (κ3) is 4.20. The number of carbonyl (C=O) groups excluding carboxylic acids is 1. The zero-order chi connectivity index (χ0) is 22.8. The first-order valence-corrected chi connectivity index (χ1v) is 12.1. The van der Waals surface area contributed by atoms with Crippen molar-refractivity contribution in [2.24, 2.45) is 0 Å². The van der Waals surface area contributed by atoms with Crippen molar-refractivity contribution >= 4 is 39.4 Å². The molecule has 0 aliphatic rings. The van der Waals surface area contributed by atoms with Crippen molar-refractivity contribution in [3.63, 3.8) is 0 Å². The van der Waals surface area contributed by atoms with E-state index in [0.717, 1.165) is 31.8 Å². The monoisotopic (exact) mass is 468 g/mol. The van der Waals surface area contributed by atoms with E-state index >= 15 is 0 Å². The molecule has 0 atom stereocenters. The fraction of sp³-hybridized carbons (Fsp3) is 0.0769. The van der Waals surface area contributed by atoms with Gasteiger partial charge in [0, 0.05) is 17.3 Å². The average molecular weight is 469 g/mol. The Morgan fingerprint density at radius 2 is 1.30 bits per heavy atom. The second-order valence-corrected chi connectivity index (χ2v) is 9.38. The fourth-order valence-electron chi connectivity index (χ4n) is 3.49. The lowest BCUT2D eigenvalue weighted by Gasteiger charge is -2.20. The van der Waals surface area contributed by atoms with Crippen LogP contribution in [0.4, 0.5) is 10.8 Å². The summed E-state index contributed by atoms with van der Waals surface area (Å²) < 4.78 is 0. The Bertz CT molecular complexity index is 1400. The maximum atomic E-state index is 13.9. The van der Waals surface area contributed by atoms with Crippen molar-refractivity contribution in [1.29, 1.82) is 0 Å². The van der Waals surface area contributed by atoms with Crippen LogP contribution in [-0.4, -0.2) is 20.9 Å². The lowest BCUT2D eigenvalue weighted by Crippen LogP contribution is -2.26. The van der Waals surface area contributed by atoms with Crippen LogP contribution in [0.1, 0.15) is 21.1 Å².